The van der Waals surface area contributed by atoms with E-state index in [-0.39, 0.29) is 11.8 Å². The Labute approximate surface area is 141 Å². The Morgan fingerprint density at radius 1 is 1.33 bits per heavy atom. The van der Waals surface area contributed by atoms with E-state index in [1.807, 2.05) is 24.0 Å². The molecule has 2 aromatic heterocycles. The van der Waals surface area contributed by atoms with Crippen LogP contribution in [0.3, 0.4) is 0 Å². The van der Waals surface area contributed by atoms with Crippen molar-refractivity contribution in [3.63, 3.8) is 0 Å². The first-order valence-electron chi connectivity index (χ1n) is 8.10. The van der Waals surface area contributed by atoms with Crippen LogP contribution in [0, 0.1) is 0 Å². The smallest absolute Gasteiger partial charge is 0.254 e. The number of nitrogens with zero attached hydrogens (tertiary/aromatic N) is 3. The van der Waals surface area contributed by atoms with Crippen LogP contribution in [0.25, 0.3) is 0 Å². The zero-order valence-corrected chi connectivity index (χ0v) is 13.9. The van der Waals surface area contributed by atoms with Crippen molar-refractivity contribution in [1.82, 2.24) is 14.9 Å². The second kappa shape index (κ2) is 7.29. The van der Waals surface area contributed by atoms with Gasteiger partial charge in [-0.25, -0.2) is 9.97 Å². The van der Waals surface area contributed by atoms with Crippen LogP contribution in [-0.4, -0.2) is 47.6 Å². The summed E-state index contributed by atoms with van der Waals surface area (Å²) in [6, 6.07) is 7.34. The fourth-order valence-electron chi connectivity index (χ4n) is 3.03. The fourth-order valence-corrected chi connectivity index (χ4v) is 3.03. The van der Waals surface area contributed by atoms with Crippen LogP contribution in [0.4, 0.5) is 0 Å². The van der Waals surface area contributed by atoms with Crippen LogP contribution in [0.1, 0.15) is 35.2 Å². The summed E-state index contributed by atoms with van der Waals surface area (Å²) in [4.78, 5) is 23.0. The van der Waals surface area contributed by atoms with Gasteiger partial charge in [-0.3, -0.25) is 4.79 Å². The van der Waals surface area contributed by atoms with Crippen molar-refractivity contribution in [2.45, 2.75) is 19.3 Å². The van der Waals surface area contributed by atoms with E-state index < -0.39 is 0 Å². The average molecular weight is 327 g/mol. The Kier molecular flexibility index (Phi) is 4.93. The molecule has 1 saturated heterocycles. The molecule has 0 saturated carbocycles. The van der Waals surface area contributed by atoms with Gasteiger partial charge in [0, 0.05) is 48.6 Å². The van der Waals surface area contributed by atoms with Gasteiger partial charge in [0.15, 0.2) is 0 Å². The van der Waals surface area contributed by atoms with E-state index in [0.29, 0.717) is 37.0 Å². The molecule has 3 rings (SSSR count). The first-order chi connectivity index (χ1) is 11.7. The number of carbonyl (C=O) groups is 1. The van der Waals surface area contributed by atoms with E-state index in [2.05, 4.69) is 9.97 Å². The van der Waals surface area contributed by atoms with Gasteiger partial charge in [-0.1, -0.05) is 6.07 Å². The first-order valence-corrected chi connectivity index (χ1v) is 8.10. The lowest BCUT2D eigenvalue weighted by Crippen LogP contribution is -2.28. The minimum Gasteiger partial charge on any atom is -0.481 e. The summed E-state index contributed by atoms with van der Waals surface area (Å²) < 4.78 is 10.7. The molecule has 0 N–H and O–H groups in total. The average Bonchev–Trinajstić information content (AvgIpc) is 3.11. The predicted molar refractivity (Wildman–Crippen MR) is 89.5 cm³/mol. The second-order valence-corrected chi connectivity index (χ2v) is 5.65. The molecule has 0 spiro atoms. The topological polar surface area (TPSA) is 64.5 Å². The quantitative estimate of drug-likeness (QED) is 0.844. The lowest BCUT2D eigenvalue weighted by molar-refractivity contribution is 0.0790. The number of amides is 1. The number of hydrogen-bond acceptors (Lipinski definition) is 5. The normalized spacial score (nSPS) is 16.9. The Morgan fingerprint density at radius 3 is 3.00 bits per heavy atom. The van der Waals surface area contributed by atoms with E-state index in [9.17, 15) is 4.79 Å². The lowest BCUT2D eigenvalue weighted by Gasteiger charge is -2.17. The molecule has 6 heteroatoms. The second-order valence-electron chi connectivity index (χ2n) is 5.65. The van der Waals surface area contributed by atoms with Gasteiger partial charge in [-0.05, 0) is 25.5 Å². The molecule has 1 aliphatic rings. The van der Waals surface area contributed by atoms with Crippen LogP contribution in [-0.2, 0) is 0 Å². The molecule has 1 atom stereocenters. The van der Waals surface area contributed by atoms with E-state index in [4.69, 9.17) is 9.47 Å². The molecule has 0 aromatic carbocycles. The Bertz CT molecular complexity index is 720. The molecule has 24 heavy (non-hydrogen) atoms. The summed E-state index contributed by atoms with van der Waals surface area (Å²) in [5.74, 6) is 1.36. The summed E-state index contributed by atoms with van der Waals surface area (Å²) in [6.45, 7) is 3.79. The highest BCUT2D eigenvalue weighted by molar-refractivity contribution is 5.94. The fraction of sp³-hybridized carbons (Fsp3) is 0.389. The minimum absolute atomic E-state index is 0.00344. The van der Waals surface area contributed by atoms with Gasteiger partial charge >= 0.3 is 0 Å². The number of pyridine rings is 2. The first kappa shape index (κ1) is 16.2. The zero-order valence-electron chi connectivity index (χ0n) is 13.9. The van der Waals surface area contributed by atoms with Crippen molar-refractivity contribution in [3.8, 4) is 11.8 Å². The van der Waals surface area contributed by atoms with Crippen molar-refractivity contribution < 1.29 is 14.3 Å². The maximum absolute atomic E-state index is 12.7. The number of rotatable bonds is 5. The van der Waals surface area contributed by atoms with Crippen LogP contribution in [0.2, 0.25) is 0 Å². The number of methoxy groups -OCH3 is 1. The molecule has 2 aromatic rings. The highest BCUT2D eigenvalue weighted by Gasteiger charge is 2.30. The largest absolute Gasteiger partial charge is 0.481 e. The molecule has 1 aliphatic heterocycles. The lowest BCUT2D eigenvalue weighted by atomic mass is 10.00. The summed E-state index contributed by atoms with van der Waals surface area (Å²) in [5.41, 5.74) is 1.66. The molecule has 6 nitrogen and oxygen atoms in total. The third-order valence-electron chi connectivity index (χ3n) is 4.18. The maximum Gasteiger partial charge on any atom is 0.254 e. The molecular formula is C18H21N3O3. The highest BCUT2D eigenvalue weighted by atomic mass is 16.5. The molecule has 0 unspecified atom stereocenters. The van der Waals surface area contributed by atoms with Gasteiger partial charge in [0.05, 0.1) is 13.7 Å². The molecule has 1 amide bonds. The van der Waals surface area contributed by atoms with E-state index in [1.165, 1.54) is 0 Å². The van der Waals surface area contributed by atoms with Crippen LogP contribution >= 0.6 is 0 Å². The van der Waals surface area contributed by atoms with Crippen molar-refractivity contribution in [3.05, 3.63) is 47.8 Å². The number of likely N-dealkylation sites (tertiary alicyclic amines) is 1. The molecule has 0 bridgehead atoms. The number of hydrogen-bond donors (Lipinski definition) is 0. The van der Waals surface area contributed by atoms with Crippen molar-refractivity contribution in [2.75, 3.05) is 26.8 Å². The Morgan fingerprint density at radius 2 is 2.21 bits per heavy atom. The van der Waals surface area contributed by atoms with Gasteiger partial charge in [0.1, 0.15) is 0 Å². The van der Waals surface area contributed by atoms with Gasteiger partial charge in [-0.2, -0.15) is 0 Å². The maximum atomic E-state index is 12.7. The number of ether oxygens (including phenoxy) is 2. The molecule has 0 aliphatic carbocycles. The van der Waals surface area contributed by atoms with E-state index >= 15 is 0 Å². The van der Waals surface area contributed by atoms with Crippen LogP contribution in [0.15, 0.2) is 36.7 Å². The number of aromatic nitrogens is 2. The molecular weight excluding hydrogens is 306 g/mol. The van der Waals surface area contributed by atoms with Gasteiger partial charge in [-0.15, -0.1) is 0 Å². The predicted octanol–water partition coefficient (Wildman–Crippen LogP) is 2.51. The summed E-state index contributed by atoms with van der Waals surface area (Å²) in [5, 5.41) is 0. The summed E-state index contributed by atoms with van der Waals surface area (Å²) in [6.07, 6.45) is 4.22. The van der Waals surface area contributed by atoms with Crippen LogP contribution in [0.5, 0.6) is 11.8 Å². The minimum atomic E-state index is 0.00344. The van der Waals surface area contributed by atoms with Crippen LogP contribution < -0.4 is 9.47 Å². The van der Waals surface area contributed by atoms with Gasteiger partial charge < -0.3 is 14.4 Å². The third-order valence-corrected chi connectivity index (χ3v) is 4.18. The molecule has 0 radical (unpaired) electrons. The monoisotopic (exact) mass is 327 g/mol. The van der Waals surface area contributed by atoms with Gasteiger partial charge in [0.2, 0.25) is 11.8 Å². The highest BCUT2D eigenvalue weighted by Crippen LogP contribution is 2.32. The third kappa shape index (κ3) is 3.32. The van der Waals surface area contributed by atoms with E-state index in [1.54, 1.807) is 31.6 Å². The number of carbonyl (C=O) groups excluding carboxylic acids is 1. The van der Waals surface area contributed by atoms with Crippen molar-refractivity contribution in [2.24, 2.45) is 0 Å². The summed E-state index contributed by atoms with van der Waals surface area (Å²) in [7, 11) is 1.62. The van der Waals surface area contributed by atoms with E-state index in [0.717, 1.165) is 12.0 Å². The Balaban J connectivity index is 1.73. The summed E-state index contributed by atoms with van der Waals surface area (Å²) >= 11 is 0. The van der Waals surface area contributed by atoms with Crippen molar-refractivity contribution in [1.29, 1.82) is 0 Å². The standard InChI is InChI=1S/C18H21N3O3/c1-3-24-16-11-13(6-9-19-16)18(22)21-10-7-14(12-21)15-5-4-8-20-17(15)23-2/h4-6,8-9,11,14H,3,7,10,12H2,1-2H3/t14-/m0/s1. The molecule has 126 valence electrons. The van der Waals surface area contributed by atoms with Crippen molar-refractivity contribution >= 4 is 5.91 Å². The molecule has 1 fully saturated rings. The Hall–Kier alpha value is -2.63. The zero-order chi connectivity index (χ0) is 16.9. The molecule has 3 heterocycles. The van der Waals surface area contributed by atoms with Gasteiger partial charge in [0.25, 0.3) is 5.91 Å². The SMILES string of the molecule is CCOc1cc(C(=O)N2CC[C@H](c3cccnc3OC)C2)ccn1.